The van der Waals surface area contributed by atoms with E-state index >= 15 is 0 Å². The van der Waals surface area contributed by atoms with Crippen molar-refractivity contribution < 1.29 is 9.47 Å². The minimum absolute atomic E-state index is 0.436. The molecule has 0 saturated carbocycles. The van der Waals surface area contributed by atoms with Crippen molar-refractivity contribution in [3.63, 3.8) is 0 Å². The lowest BCUT2D eigenvalue weighted by Crippen LogP contribution is -2.44. The van der Waals surface area contributed by atoms with Crippen LogP contribution in [-0.2, 0) is 11.3 Å². The summed E-state index contributed by atoms with van der Waals surface area (Å²) in [6.07, 6.45) is -0.436. The number of piperazine rings is 1. The number of benzene rings is 1. The lowest BCUT2D eigenvalue weighted by molar-refractivity contribution is 0.0496. The van der Waals surface area contributed by atoms with E-state index in [0.717, 1.165) is 63.2 Å². The summed E-state index contributed by atoms with van der Waals surface area (Å²) in [5.41, 5.74) is 8.35. The van der Waals surface area contributed by atoms with Crippen molar-refractivity contribution >= 4 is 5.84 Å². The Balaban J connectivity index is 1.33. The minimum Gasteiger partial charge on any atom is -0.492 e. The average Bonchev–Trinajstić information content (AvgIpc) is 3.06. The summed E-state index contributed by atoms with van der Waals surface area (Å²) in [5.74, 6) is 2.40. The van der Waals surface area contributed by atoms with Crippen LogP contribution in [-0.4, -0.2) is 86.5 Å². The molecule has 2 fully saturated rings. The zero-order valence-corrected chi connectivity index (χ0v) is 17.9. The van der Waals surface area contributed by atoms with Gasteiger partial charge in [-0.05, 0) is 24.6 Å². The van der Waals surface area contributed by atoms with Crippen LogP contribution in [0.15, 0.2) is 40.8 Å². The molecule has 9 nitrogen and oxygen atoms in total. The molecule has 164 valence electrons. The van der Waals surface area contributed by atoms with Crippen LogP contribution >= 0.6 is 0 Å². The van der Waals surface area contributed by atoms with Gasteiger partial charge in [-0.2, -0.15) is 0 Å². The molecule has 0 spiro atoms. The van der Waals surface area contributed by atoms with E-state index < -0.39 is 6.35 Å². The number of likely N-dealkylation sites (N-methyl/N-ethyl adjacent to an activating group) is 1. The fraction of sp³-hybridized carbons (Fsp3) is 0.571. The molecule has 4 rings (SSSR count). The zero-order valence-electron chi connectivity index (χ0n) is 17.9. The largest absolute Gasteiger partial charge is 0.492 e. The molecule has 0 aliphatic carbocycles. The lowest BCUT2D eigenvalue weighted by Gasteiger charge is -2.27. The van der Waals surface area contributed by atoms with Gasteiger partial charge < -0.3 is 35.6 Å². The van der Waals surface area contributed by atoms with Gasteiger partial charge in [0.1, 0.15) is 23.9 Å². The van der Waals surface area contributed by atoms with E-state index in [1.165, 1.54) is 5.56 Å². The van der Waals surface area contributed by atoms with Gasteiger partial charge in [0.25, 0.3) is 0 Å². The van der Waals surface area contributed by atoms with Gasteiger partial charge in [-0.25, -0.2) is 4.99 Å². The second-order valence-corrected chi connectivity index (χ2v) is 7.79. The number of hydrogen-bond acceptors (Lipinski definition) is 9. The topological polar surface area (TPSA) is 90.6 Å². The monoisotopic (exact) mass is 415 g/mol. The number of amidine groups is 1. The van der Waals surface area contributed by atoms with Gasteiger partial charge in [-0.1, -0.05) is 12.1 Å². The van der Waals surface area contributed by atoms with Crippen molar-refractivity contribution in [2.45, 2.75) is 19.8 Å². The molecule has 1 aromatic rings. The normalized spacial score (nSPS) is 22.1. The lowest BCUT2D eigenvalue weighted by atomic mass is 10.2. The number of rotatable bonds is 8. The van der Waals surface area contributed by atoms with E-state index in [0.29, 0.717) is 19.0 Å². The Labute approximate surface area is 178 Å². The van der Waals surface area contributed by atoms with Crippen molar-refractivity contribution in [2.24, 2.45) is 10.7 Å². The molecule has 3 aliphatic rings. The van der Waals surface area contributed by atoms with E-state index in [2.05, 4.69) is 37.5 Å². The van der Waals surface area contributed by atoms with Crippen LogP contribution in [0.25, 0.3) is 0 Å². The highest BCUT2D eigenvalue weighted by atomic mass is 16.5. The van der Waals surface area contributed by atoms with Gasteiger partial charge in [0.05, 0.1) is 6.67 Å². The quantitative estimate of drug-likeness (QED) is 0.552. The Morgan fingerprint density at radius 1 is 1.20 bits per heavy atom. The summed E-state index contributed by atoms with van der Waals surface area (Å²) in [6, 6.07) is 8.33. The summed E-state index contributed by atoms with van der Waals surface area (Å²) in [5, 5.41) is 6.48. The third-order valence-corrected chi connectivity index (χ3v) is 5.56. The molecule has 1 atom stereocenters. The van der Waals surface area contributed by atoms with Crippen LogP contribution in [0.5, 0.6) is 5.75 Å². The van der Waals surface area contributed by atoms with Gasteiger partial charge in [-0.3, -0.25) is 4.90 Å². The Bertz CT molecular complexity index is 774. The van der Waals surface area contributed by atoms with Gasteiger partial charge in [0, 0.05) is 52.9 Å². The number of hydrogen-bond donors (Lipinski definition) is 3. The fourth-order valence-corrected chi connectivity index (χ4v) is 4.03. The molecule has 9 heteroatoms. The first-order chi connectivity index (χ1) is 14.6. The maximum Gasteiger partial charge on any atom is 0.228 e. The van der Waals surface area contributed by atoms with Crippen LogP contribution in [0.4, 0.5) is 0 Å². The summed E-state index contributed by atoms with van der Waals surface area (Å²) in [4.78, 5) is 11.5. The molecule has 3 aliphatic heterocycles. The maximum absolute atomic E-state index is 6.22. The van der Waals surface area contributed by atoms with Crippen molar-refractivity contribution in [2.75, 3.05) is 59.7 Å². The predicted octanol–water partition coefficient (Wildman–Crippen LogP) is 0.125. The molecule has 30 heavy (non-hydrogen) atoms. The smallest absolute Gasteiger partial charge is 0.228 e. The van der Waals surface area contributed by atoms with E-state index in [4.69, 9.17) is 20.2 Å². The highest BCUT2D eigenvalue weighted by Gasteiger charge is 2.34. The highest BCUT2D eigenvalue weighted by Crippen LogP contribution is 2.25. The van der Waals surface area contributed by atoms with Crippen LogP contribution < -0.4 is 21.1 Å². The second-order valence-electron chi connectivity index (χ2n) is 7.79. The second kappa shape index (κ2) is 9.55. The van der Waals surface area contributed by atoms with Gasteiger partial charge >= 0.3 is 0 Å². The molecular formula is C21H33N7O2. The molecule has 0 radical (unpaired) electrons. The Morgan fingerprint density at radius 3 is 2.70 bits per heavy atom. The van der Waals surface area contributed by atoms with Crippen molar-refractivity contribution in [3.8, 4) is 5.75 Å². The predicted molar refractivity (Wildman–Crippen MR) is 117 cm³/mol. The first kappa shape index (κ1) is 20.8. The Morgan fingerprint density at radius 2 is 1.97 bits per heavy atom. The first-order valence-corrected chi connectivity index (χ1v) is 10.7. The summed E-state index contributed by atoms with van der Waals surface area (Å²) < 4.78 is 11.5. The molecule has 2 saturated heterocycles. The summed E-state index contributed by atoms with van der Waals surface area (Å²) in [7, 11) is 2.02. The molecule has 1 aromatic carbocycles. The number of aliphatic imine (C=N–C) groups is 1. The Kier molecular flexibility index (Phi) is 6.61. The molecule has 4 N–H and O–H groups in total. The van der Waals surface area contributed by atoms with Gasteiger partial charge in [0.2, 0.25) is 6.35 Å². The standard InChI is InChI=1S/C21H33N7O2/c1-3-29-21-24-19(22)18-20(25-21)28(15-26(18)2)14-16-4-6-17(7-5-16)30-13-12-27-10-8-23-9-11-27/h4-7,21,23-24H,3,8-15,22H2,1-2H3. The fourth-order valence-electron chi connectivity index (χ4n) is 4.03. The number of nitrogens with one attached hydrogen (secondary N) is 2. The zero-order chi connectivity index (χ0) is 20.9. The Hall–Kier alpha value is -2.49. The average molecular weight is 416 g/mol. The molecule has 3 heterocycles. The van der Waals surface area contributed by atoms with E-state index in [1.54, 1.807) is 0 Å². The van der Waals surface area contributed by atoms with Crippen LogP contribution in [0.2, 0.25) is 0 Å². The number of nitrogens with two attached hydrogens (primary N) is 1. The highest BCUT2D eigenvalue weighted by molar-refractivity contribution is 6.00. The summed E-state index contributed by atoms with van der Waals surface area (Å²) in [6.45, 7) is 10.0. The number of nitrogens with zero attached hydrogens (tertiary/aromatic N) is 4. The molecule has 0 bridgehead atoms. The summed E-state index contributed by atoms with van der Waals surface area (Å²) >= 11 is 0. The van der Waals surface area contributed by atoms with Crippen molar-refractivity contribution in [1.82, 2.24) is 25.3 Å². The maximum atomic E-state index is 6.22. The van der Waals surface area contributed by atoms with Crippen molar-refractivity contribution in [3.05, 3.63) is 41.3 Å². The number of fused-ring (bicyclic) bond motifs is 1. The molecule has 0 aromatic heterocycles. The van der Waals surface area contributed by atoms with Crippen LogP contribution in [0.3, 0.4) is 0 Å². The molecular weight excluding hydrogens is 382 g/mol. The molecule has 0 amide bonds. The SMILES string of the molecule is CCOC1N=C2C(=C(N)N1)N(C)CN2Cc1ccc(OCCN2CCNCC2)cc1. The van der Waals surface area contributed by atoms with Gasteiger partial charge in [0.15, 0.2) is 5.84 Å². The minimum atomic E-state index is -0.436. The first-order valence-electron chi connectivity index (χ1n) is 10.7. The third kappa shape index (κ3) is 4.80. The van der Waals surface area contributed by atoms with Crippen LogP contribution in [0.1, 0.15) is 12.5 Å². The van der Waals surface area contributed by atoms with E-state index in [1.807, 2.05) is 26.1 Å². The van der Waals surface area contributed by atoms with Crippen LogP contribution in [0, 0.1) is 0 Å². The van der Waals surface area contributed by atoms with Gasteiger partial charge in [-0.15, -0.1) is 0 Å². The van der Waals surface area contributed by atoms with E-state index in [9.17, 15) is 0 Å². The van der Waals surface area contributed by atoms with E-state index in [-0.39, 0.29) is 0 Å². The third-order valence-electron chi connectivity index (χ3n) is 5.56. The number of ether oxygens (including phenoxy) is 2. The molecule has 1 unspecified atom stereocenters. The van der Waals surface area contributed by atoms with Crippen molar-refractivity contribution in [1.29, 1.82) is 0 Å².